The Bertz CT molecular complexity index is 2170. The van der Waals surface area contributed by atoms with Gasteiger partial charge in [0.1, 0.15) is 30.7 Å². The van der Waals surface area contributed by atoms with E-state index in [1.807, 2.05) is 24.3 Å². The lowest BCUT2D eigenvalue weighted by atomic mass is 10.1. The predicted molar refractivity (Wildman–Crippen MR) is 280 cm³/mol. The van der Waals surface area contributed by atoms with E-state index in [0.29, 0.717) is 12.8 Å². The van der Waals surface area contributed by atoms with Crippen LogP contribution in [0.3, 0.4) is 0 Å². The molecule has 2 rings (SSSR count). The molecule has 1 aliphatic rings. The molecule has 0 radical (unpaired) electrons. The van der Waals surface area contributed by atoms with Crippen LogP contribution in [0.2, 0.25) is 0 Å². The van der Waals surface area contributed by atoms with Crippen LogP contribution in [0.1, 0.15) is 129 Å². The van der Waals surface area contributed by atoms with Crippen molar-refractivity contribution in [1.29, 1.82) is 0 Å². The van der Waals surface area contributed by atoms with E-state index in [-0.39, 0.29) is 31.5 Å². The molecular weight excluding hydrogens is 985 g/mol. The first-order valence-corrected chi connectivity index (χ1v) is 28.0. The van der Waals surface area contributed by atoms with Crippen molar-refractivity contribution in [2.45, 2.75) is 160 Å². The molecule has 2 heterocycles. The molecule has 0 amide bonds. The molecule has 73 heavy (non-hydrogen) atoms. The lowest BCUT2D eigenvalue weighted by Gasteiger charge is -2.21. The average Bonchev–Trinajstić information content (AvgIpc) is 3.62. The van der Waals surface area contributed by atoms with Crippen LogP contribution >= 0.6 is 15.6 Å². The van der Waals surface area contributed by atoms with Crippen molar-refractivity contribution in [2.75, 3.05) is 25.6 Å². The molecule has 1 aromatic heterocycles. The number of nitrogens with two attached hydrogens (primary N) is 1. The first kappa shape index (κ1) is 64.5. The first-order chi connectivity index (χ1) is 35.1. The van der Waals surface area contributed by atoms with Crippen LogP contribution in [0.5, 0.6) is 0 Å². The summed E-state index contributed by atoms with van der Waals surface area (Å²) in [4.78, 5) is 61.9. The lowest BCUT2D eigenvalue weighted by Crippen LogP contribution is -2.36. The standard InChI is InChI=1S/C52H79N3O16P2/c1-3-5-7-9-11-13-15-17-18-19-20-22-24-26-28-30-32-36-47(57)66-40-44(69-48(58)37-33-35-43(56)34-31-29-27-25-23-21-16-14-12-10-8-6-4-2)41-67-72(62,63)71-73(64,65)68-42-45-49(59)50(60)51(70-45)55-39-38-46(53)54-52(55)61/h6,8,11-14,17-18,20-23,26-29,31,34,38-39,43-45,49-51,56,59-60H,3-5,7,9-10,15-16,19,24-25,30,32-33,35-37,40-42H2,1-2H3,(H,62,63)(H,64,65)(H2,53,54,61)/b8-6-,13-11-,14-12-,18-17-,22-20-,23-21-,28-26-,29-27-,34-31+/t43?,44-,45-,49-,50-,51-/m1/s1. The summed E-state index contributed by atoms with van der Waals surface area (Å²) in [6.07, 6.45) is 40.6. The second kappa shape index (κ2) is 38.9. The van der Waals surface area contributed by atoms with Gasteiger partial charge in [-0.15, -0.1) is 0 Å². The molecule has 1 aromatic rings. The van der Waals surface area contributed by atoms with Gasteiger partial charge in [-0.25, -0.2) is 13.9 Å². The number of aliphatic hydroxyl groups excluding tert-OH is 3. The largest absolute Gasteiger partial charge is 0.481 e. The van der Waals surface area contributed by atoms with E-state index in [1.54, 1.807) is 18.2 Å². The predicted octanol–water partition coefficient (Wildman–Crippen LogP) is 9.19. The van der Waals surface area contributed by atoms with Crippen LogP contribution in [0.4, 0.5) is 5.82 Å². The number of phosphoric ester groups is 2. The molecule has 0 spiro atoms. The van der Waals surface area contributed by atoms with Gasteiger partial charge in [-0.3, -0.25) is 23.2 Å². The van der Waals surface area contributed by atoms with Gasteiger partial charge >= 0.3 is 33.3 Å². The zero-order valence-electron chi connectivity index (χ0n) is 42.2. The van der Waals surface area contributed by atoms with Crippen LogP contribution < -0.4 is 11.4 Å². The highest BCUT2D eigenvalue weighted by molar-refractivity contribution is 7.61. The van der Waals surface area contributed by atoms with Gasteiger partial charge in [0.05, 0.1) is 19.3 Å². The number of ether oxygens (including phenoxy) is 3. The molecule has 408 valence electrons. The first-order valence-electron chi connectivity index (χ1n) is 25.0. The monoisotopic (exact) mass is 1060 g/mol. The summed E-state index contributed by atoms with van der Waals surface area (Å²) >= 11 is 0. The number of carbonyl (C=O) groups excluding carboxylic acids is 2. The fourth-order valence-electron chi connectivity index (χ4n) is 6.57. The maximum Gasteiger partial charge on any atom is 0.481 e. The fraction of sp³-hybridized carbons (Fsp3) is 0.538. The van der Waals surface area contributed by atoms with E-state index in [2.05, 4.69) is 90.0 Å². The molecule has 8 atom stereocenters. The number of allylic oxidation sites excluding steroid dienone is 17. The highest BCUT2D eigenvalue weighted by Gasteiger charge is 2.46. The molecular formula is C52H79N3O16P2. The quantitative estimate of drug-likeness (QED) is 0.0118. The molecule has 21 heteroatoms. The van der Waals surface area contributed by atoms with Crippen LogP contribution in [0.25, 0.3) is 0 Å². The SMILES string of the molecule is CC/C=C\C/C=C\C/C=C\C/C=C\C=C\C(O)CCCC(=O)O[C@H](COC(=O)CCC/C=C\C/C=C\C/C=C\C/C=C\CCCCC)COP(=O)(O)OP(=O)(O)OC[C@H]1O[C@@H](n2ccc(N)nc2=O)[C@H](O)[C@@H]1O. The minimum Gasteiger partial charge on any atom is -0.462 e. The summed E-state index contributed by atoms with van der Waals surface area (Å²) in [6.45, 7) is 1.75. The zero-order valence-corrected chi connectivity index (χ0v) is 44.0. The number of unbranched alkanes of at least 4 members (excludes halogenated alkanes) is 4. The van der Waals surface area contributed by atoms with Gasteiger partial charge in [-0.1, -0.05) is 136 Å². The summed E-state index contributed by atoms with van der Waals surface area (Å²) in [5.74, 6) is -1.59. The fourth-order valence-corrected chi connectivity index (χ4v) is 8.68. The zero-order chi connectivity index (χ0) is 53.6. The molecule has 0 aromatic carbocycles. The number of aliphatic hydroxyl groups is 3. The minimum atomic E-state index is -5.49. The number of nitrogens with zero attached hydrogens (tertiary/aromatic N) is 2. The lowest BCUT2D eigenvalue weighted by molar-refractivity contribution is -0.161. The molecule has 19 nitrogen and oxygen atoms in total. The Morgan fingerprint density at radius 1 is 0.740 bits per heavy atom. The van der Waals surface area contributed by atoms with E-state index in [0.717, 1.165) is 62.1 Å². The van der Waals surface area contributed by atoms with Gasteiger partial charge in [0.25, 0.3) is 0 Å². The summed E-state index contributed by atoms with van der Waals surface area (Å²) in [7, 11) is -11.0. The molecule has 1 saturated heterocycles. The number of hydrogen-bond donors (Lipinski definition) is 6. The molecule has 1 aliphatic heterocycles. The van der Waals surface area contributed by atoms with Gasteiger partial charge < -0.3 is 45.1 Å². The van der Waals surface area contributed by atoms with Crippen LogP contribution in [0.15, 0.2) is 126 Å². The summed E-state index contributed by atoms with van der Waals surface area (Å²) in [5.41, 5.74) is 4.56. The molecule has 0 aliphatic carbocycles. The van der Waals surface area contributed by atoms with Gasteiger partial charge in [0.2, 0.25) is 0 Å². The summed E-state index contributed by atoms with van der Waals surface area (Å²) in [5, 5.41) is 31.3. The Hall–Kier alpha value is -4.62. The van der Waals surface area contributed by atoms with Gasteiger partial charge in [-0.05, 0) is 89.5 Å². The molecule has 0 bridgehead atoms. The third-order valence-electron chi connectivity index (χ3n) is 10.4. The van der Waals surface area contributed by atoms with E-state index in [1.165, 1.54) is 25.3 Å². The van der Waals surface area contributed by atoms with E-state index in [4.69, 9.17) is 29.0 Å². The minimum absolute atomic E-state index is 0.00327. The topological polar surface area (TPSA) is 286 Å². The number of carbonyl (C=O) groups is 2. The molecule has 0 saturated carbocycles. The Kier molecular flexibility index (Phi) is 34.4. The number of rotatable bonds is 39. The van der Waals surface area contributed by atoms with Crippen molar-refractivity contribution in [3.8, 4) is 0 Å². The van der Waals surface area contributed by atoms with E-state index in [9.17, 15) is 48.6 Å². The normalized spacial score (nSPS) is 20.3. The Morgan fingerprint density at radius 2 is 1.30 bits per heavy atom. The van der Waals surface area contributed by atoms with Crippen molar-refractivity contribution in [3.05, 3.63) is 132 Å². The van der Waals surface area contributed by atoms with E-state index >= 15 is 0 Å². The van der Waals surface area contributed by atoms with Crippen molar-refractivity contribution in [3.63, 3.8) is 0 Å². The third kappa shape index (κ3) is 31.7. The van der Waals surface area contributed by atoms with Crippen LogP contribution in [-0.2, 0) is 46.3 Å². The number of esters is 2. The Labute approximate surface area is 430 Å². The number of hydrogen-bond acceptors (Lipinski definition) is 16. The third-order valence-corrected chi connectivity index (χ3v) is 13.0. The van der Waals surface area contributed by atoms with Crippen LogP contribution in [0, 0.1) is 0 Å². The average molecular weight is 1060 g/mol. The number of nitrogen functional groups attached to an aromatic ring is 1. The van der Waals surface area contributed by atoms with Gasteiger partial charge in [-0.2, -0.15) is 9.29 Å². The Balaban J connectivity index is 1.89. The molecule has 1 fully saturated rings. The highest BCUT2D eigenvalue weighted by atomic mass is 31.3. The number of aromatic nitrogens is 2. The highest BCUT2D eigenvalue weighted by Crippen LogP contribution is 2.60. The Morgan fingerprint density at radius 3 is 1.90 bits per heavy atom. The molecule has 3 unspecified atom stereocenters. The summed E-state index contributed by atoms with van der Waals surface area (Å²) in [6, 6.07) is 1.23. The van der Waals surface area contributed by atoms with Crippen molar-refractivity contribution in [2.24, 2.45) is 0 Å². The summed E-state index contributed by atoms with van der Waals surface area (Å²) < 4.78 is 56.5. The van der Waals surface area contributed by atoms with Crippen molar-refractivity contribution < 1.29 is 71.4 Å². The van der Waals surface area contributed by atoms with Crippen molar-refractivity contribution >= 4 is 33.4 Å². The second-order valence-electron chi connectivity index (χ2n) is 16.8. The smallest absolute Gasteiger partial charge is 0.462 e. The number of anilines is 1. The van der Waals surface area contributed by atoms with Gasteiger partial charge in [0.15, 0.2) is 12.3 Å². The van der Waals surface area contributed by atoms with Crippen LogP contribution in [-0.4, -0.2) is 96.9 Å². The second-order valence-corrected chi connectivity index (χ2v) is 19.8. The van der Waals surface area contributed by atoms with Crippen molar-refractivity contribution in [1.82, 2.24) is 9.55 Å². The van der Waals surface area contributed by atoms with E-state index < -0.39 is 89.8 Å². The maximum absolute atomic E-state index is 12.9. The molecule has 7 N–H and O–H groups in total. The maximum atomic E-state index is 12.9. The van der Waals surface area contributed by atoms with Gasteiger partial charge in [0, 0.05) is 19.0 Å². The number of phosphoric acid groups is 2.